The summed E-state index contributed by atoms with van der Waals surface area (Å²) in [6.45, 7) is 0.202. The largest absolute Gasteiger partial charge is 0.390 e. The maximum Gasteiger partial charge on any atom is 0.173 e. The predicted molar refractivity (Wildman–Crippen MR) is 74.2 cm³/mol. The van der Waals surface area contributed by atoms with E-state index in [0.717, 1.165) is 0 Å². The molecule has 3 heterocycles. The van der Waals surface area contributed by atoms with Crippen molar-refractivity contribution in [2.75, 3.05) is 12.3 Å². The quantitative estimate of drug-likeness (QED) is 0.546. The summed E-state index contributed by atoms with van der Waals surface area (Å²) in [5.41, 5.74) is 11.7. The van der Waals surface area contributed by atoms with Crippen LogP contribution in [0.25, 0.3) is 11.2 Å². The van der Waals surface area contributed by atoms with E-state index in [4.69, 9.17) is 16.2 Å². The lowest BCUT2D eigenvalue weighted by Crippen LogP contribution is -2.38. The molecule has 0 aromatic carbocycles. The second-order valence-electron chi connectivity index (χ2n) is 5.15. The Bertz CT molecular complexity index is 667. The van der Waals surface area contributed by atoms with Crippen molar-refractivity contribution in [3.63, 3.8) is 0 Å². The molecule has 1 aliphatic heterocycles. The number of anilines is 1. The van der Waals surface area contributed by atoms with Crippen molar-refractivity contribution in [3.05, 3.63) is 12.7 Å². The maximum atomic E-state index is 14.4. The highest BCUT2D eigenvalue weighted by atomic mass is 19.1. The van der Waals surface area contributed by atoms with Gasteiger partial charge in [0.05, 0.1) is 12.4 Å². The Labute approximate surface area is 124 Å². The molecule has 3 rings (SSSR count). The van der Waals surface area contributed by atoms with E-state index >= 15 is 0 Å². The van der Waals surface area contributed by atoms with Gasteiger partial charge in [0.15, 0.2) is 23.9 Å². The molecule has 5 atom stereocenters. The van der Waals surface area contributed by atoms with Crippen molar-refractivity contribution in [1.29, 1.82) is 0 Å². The molecule has 1 saturated heterocycles. The number of aliphatic hydroxyl groups is 2. The fourth-order valence-electron chi connectivity index (χ4n) is 2.60. The second kappa shape index (κ2) is 5.72. The Morgan fingerprint density at radius 2 is 2.18 bits per heavy atom. The lowest BCUT2D eigenvalue weighted by molar-refractivity contribution is -0.0834. The number of rotatable bonds is 4. The third kappa shape index (κ3) is 2.29. The van der Waals surface area contributed by atoms with Crippen LogP contribution < -0.4 is 11.5 Å². The number of imidazole rings is 1. The van der Waals surface area contributed by atoms with Gasteiger partial charge in [-0.2, -0.15) is 0 Å². The summed E-state index contributed by atoms with van der Waals surface area (Å²) in [7, 11) is 0. The number of aliphatic hydroxyl groups excluding tert-OH is 2. The number of alkyl halides is 1. The van der Waals surface area contributed by atoms with E-state index in [-0.39, 0.29) is 18.8 Å². The van der Waals surface area contributed by atoms with E-state index in [1.54, 1.807) is 0 Å². The van der Waals surface area contributed by atoms with Crippen LogP contribution in [-0.2, 0) is 4.74 Å². The van der Waals surface area contributed by atoms with Crippen molar-refractivity contribution in [2.24, 2.45) is 5.73 Å². The zero-order valence-corrected chi connectivity index (χ0v) is 11.6. The fraction of sp³-hybridized carbons (Fsp3) is 0.583. The topological polar surface area (TPSA) is 145 Å². The van der Waals surface area contributed by atoms with Crippen molar-refractivity contribution in [3.8, 4) is 0 Å². The molecule has 2 aromatic rings. The average Bonchev–Trinajstić information content (AvgIpc) is 3.03. The smallest absolute Gasteiger partial charge is 0.173 e. The molecule has 120 valence electrons. The van der Waals surface area contributed by atoms with Crippen LogP contribution in [0.2, 0.25) is 0 Å². The summed E-state index contributed by atoms with van der Waals surface area (Å²) in [6.07, 6.45) is -3.76. The summed E-state index contributed by atoms with van der Waals surface area (Å²) in [6, 6.07) is 0. The summed E-state index contributed by atoms with van der Waals surface area (Å²) in [5, 5.41) is 19.9. The first-order valence-corrected chi connectivity index (χ1v) is 6.83. The monoisotopic (exact) mass is 312 g/mol. The van der Waals surface area contributed by atoms with Crippen LogP contribution >= 0.6 is 0 Å². The van der Waals surface area contributed by atoms with Crippen molar-refractivity contribution >= 4 is 17.0 Å². The van der Waals surface area contributed by atoms with E-state index in [1.165, 1.54) is 17.2 Å². The van der Waals surface area contributed by atoms with E-state index in [0.29, 0.717) is 11.2 Å². The molecule has 1 fully saturated rings. The molecule has 0 radical (unpaired) electrons. The number of nitrogens with zero attached hydrogens (tertiary/aromatic N) is 4. The fourth-order valence-corrected chi connectivity index (χ4v) is 2.60. The predicted octanol–water partition coefficient (Wildman–Crippen LogP) is -1.29. The molecular formula is C12H17FN6O3. The summed E-state index contributed by atoms with van der Waals surface area (Å²) >= 11 is 0. The van der Waals surface area contributed by atoms with Gasteiger partial charge in [0.25, 0.3) is 0 Å². The first-order valence-electron chi connectivity index (χ1n) is 6.83. The first kappa shape index (κ1) is 15.0. The summed E-state index contributed by atoms with van der Waals surface area (Å²) in [5.74, 6) is 0.164. The standard InChI is InChI=1S/C12H17FN6O3/c13-6-8(21)9(5(20)1-2-14)22-12(6)19-4-18-7-10(15)16-3-17-11(7)19/h3-6,8-9,12,20-21H,1-2,14H2,(H2,15,16,17)/t5?,6-,8+,9-,12-/m1/s1. The minimum atomic E-state index is -1.74. The molecule has 1 aliphatic rings. The van der Waals surface area contributed by atoms with Crippen LogP contribution in [0.5, 0.6) is 0 Å². The average molecular weight is 312 g/mol. The van der Waals surface area contributed by atoms with E-state index in [2.05, 4.69) is 15.0 Å². The first-order chi connectivity index (χ1) is 10.5. The van der Waals surface area contributed by atoms with Gasteiger partial charge in [-0.05, 0) is 13.0 Å². The summed E-state index contributed by atoms with van der Waals surface area (Å²) < 4.78 is 21.2. The number of hydrogen-bond donors (Lipinski definition) is 4. The van der Waals surface area contributed by atoms with Gasteiger partial charge >= 0.3 is 0 Å². The van der Waals surface area contributed by atoms with Gasteiger partial charge in [0.1, 0.15) is 24.1 Å². The minimum Gasteiger partial charge on any atom is -0.390 e. The maximum absolute atomic E-state index is 14.4. The zero-order chi connectivity index (χ0) is 15.9. The molecule has 6 N–H and O–H groups in total. The number of hydrogen-bond acceptors (Lipinski definition) is 8. The molecule has 2 aromatic heterocycles. The highest BCUT2D eigenvalue weighted by Gasteiger charge is 2.48. The SMILES string of the molecule is NCCC(O)[C@H]1O[C@@H](n2cnc3c(N)ncnc32)[C@H](F)[C@@H]1O. The second-order valence-corrected chi connectivity index (χ2v) is 5.15. The molecule has 1 unspecified atom stereocenters. The van der Waals surface area contributed by atoms with E-state index in [9.17, 15) is 14.6 Å². The van der Waals surface area contributed by atoms with Crippen LogP contribution in [-0.4, -0.2) is 60.8 Å². The molecular weight excluding hydrogens is 295 g/mol. The van der Waals surface area contributed by atoms with E-state index < -0.39 is 30.7 Å². The third-order valence-corrected chi connectivity index (χ3v) is 3.73. The van der Waals surface area contributed by atoms with Gasteiger partial charge in [-0.15, -0.1) is 0 Å². The lowest BCUT2D eigenvalue weighted by Gasteiger charge is -2.20. The molecule has 10 heteroatoms. The minimum absolute atomic E-state index is 0.164. The highest BCUT2D eigenvalue weighted by molar-refractivity contribution is 5.81. The number of fused-ring (bicyclic) bond motifs is 1. The molecule has 22 heavy (non-hydrogen) atoms. The van der Waals surface area contributed by atoms with Crippen molar-refractivity contribution in [2.45, 2.75) is 37.1 Å². The number of aromatic nitrogens is 4. The van der Waals surface area contributed by atoms with Gasteiger partial charge in [0, 0.05) is 0 Å². The number of nitrogen functional groups attached to an aromatic ring is 1. The summed E-state index contributed by atoms with van der Waals surface area (Å²) in [4.78, 5) is 11.8. The number of ether oxygens (including phenoxy) is 1. The Morgan fingerprint density at radius 1 is 1.41 bits per heavy atom. The highest BCUT2D eigenvalue weighted by Crippen LogP contribution is 2.35. The Balaban J connectivity index is 1.92. The molecule has 0 spiro atoms. The molecule has 0 bridgehead atoms. The molecule has 0 saturated carbocycles. The van der Waals surface area contributed by atoms with Crippen LogP contribution in [0.1, 0.15) is 12.6 Å². The molecule has 0 amide bonds. The molecule has 9 nitrogen and oxygen atoms in total. The number of nitrogens with two attached hydrogens (primary N) is 2. The normalized spacial score (nSPS) is 30.0. The molecule has 0 aliphatic carbocycles. The van der Waals surface area contributed by atoms with Crippen LogP contribution in [0.3, 0.4) is 0 Å². The van der Waals surface area contributed by atoms with Crippen LogP contribution in [0, 0.1) is 0 Å². The van der Waals surface area contributed by atoms with Crippen molar-refractivity contribution < 1.29 is 19.3 Å². The van der Waals surface area contributed by atoms with Gasteiger partial charge in [-0.3, -0.25) is 4.57 Å². The van der Waals surface area contributed by atoms with Gasteiger partial charge in [-0.25, -0.2) is 19.3 Å². The third-order valence-electron chi connectivity index (χ3n) is 3.73. The Kier molecular flexibility index (Phi) is 3.91. The zero-order valence-electron chi connectivity index (χ0n) is 11.6. The van der Waals surface area contributed by atoms with Crippen LogP contribution in [0.15, 0.2) is 12.7 Å². The Hall–Kier alpha value is -1.88. The van der Waals surface area contributed by atoms with Crippen molar-refractivity contribution in [1.82, 2.24) is 19.5 Å². The lowest BCUT2D eigenvalue weighted by atomic mass is 10.0. The Morgan fingerprint density at radius 3 is 2.91 bits per heavy atom. The van der Waals surface area contributed by atoms with Gasteiger partial charge < -0.3 is 26.4 Å². The van der Waals surface area contributed by atoms with Gasteiger partial charge in [0.2, 0.25) is 0 Å². The van der Waals surface area contributed by atoms with E-state index in [1.807, 2.05) is 0 Å². The van der Waals surface area contributed by atoms with Crippen LogP contribution in [0.4, 0.5) is 10.2 Å². The number of halogens is 1. The van der Waals surface area contributed by atoms with Gasteiger partial charge in [-0.1, -0.05) is 0 Å².